The van der Waals surface area contributed by atoms with Crippen LogP contribution in [0.25, 0.3) is 0 Å². The Bertz CT molecular complexity index is 464. The van der Waals surface area contributed by atoms with E-state index in [-0.39, 0.29) is 11.7 Å². The highest BCUT2D eigenvalue weighted by Gasteiger charge is 2.28. The van der Waals surface area contributed by atoms with Crippen molar-refractivity contribution in [1.29, 1.82) is 0 Å². The number of carbonyl (C=O) groups is 1. The van der Waals surface area contributed by atoms with Crippen molar-refractivity contribution in [2.24, 2.45) is 0 Å². The highest BCUT2D eigenvalue weighted by molar-refractivity contribution is 5.90. The first-order valence-corrected chi connectivity index (χ1v) is 8.15. The second-order valence-corrected chi connectivity index (χ2v) is 6.06. The quantitative estimate of drug-likeness (QED) is 0.755. The van der Waals surface area contributed by atoms with Gasteiger partial charge in [-0.15, -0.1) is 5.10 Å². The molecule has 0 radical (unpaired) electrons. The molecule has 0 bridgehead atoms. The summed E-state index contributed by atoms with van der Waals surface area (Å²) in [5, 5.41) is 9.66. The third-order valence-electron chi connectivity index (χ3n) is 4.18. The lowest BCUT2D eigenvalue weighted by Crippen LogP contribution is -2.27. The molecule has 1 amide bonds. The van der Waals surface area contributed by atoms with E-state index in [1.165, 1.54) is 32.1 Å². The SMILES string of the molecule is O=C(NCCCOC1CCCCC1)c1n[nH]c(C2CC2)n1. The molecule has 1 aromatic heterocycles. The second-order valence-electron chi connectivity index (χ2n) is 6.06. The first-order chi connectivity index (χ1) is 10.3. The Hall–Kier alpha value is -1.43. The molecule has 0 unspecified atom stereocenters. The van der Waals surface area contributed by atoms with Crippen LogP contribution in [0.3, 0.4) is 0 Å². The fourth-order valence-corrected chi connectivity index (χ4v) is 2.75. The van der Waals surface area contributed by atoms with E-state index in [9.17, 15) is 4.79 Å². The third-order valence-corrected chi connectivity index (χ3v) is 4.18. The number of carbonyl (C=O) groups excluding carboxylic acids is 1. The van der Waals surface area contributed by atoms with Crippen molar-refractivity contribution in [3.63, 3.8) is 0 Å². The molecule has 2 aliphatic rings. The van der Waals surface area contributed by atoms with E-state index in [2.05, 4.69) is 20.5 Å². The van der Waals surface area contributed by atoms with E-state index >= 15 is 0 Å². The van der Waals surface area contributed by atoms with Gasteiger partial charge in [-0.1, -0.05) is 19.3 Å². The number of amides is 1. The summed E-state index contributed by atoms with van der Waals surface area (Å²) >= 11 is 0. The summed E-state index contributed by atoms with van der Waals surface area (Å²) in [7, 11) is 0. The lowest BCUT2D eigenvalue weighted by Gasteiger charge is -2.21. The number of aromatic amines is 1. The van der Waals surface area contributed by atoms with Crippen molar-refractivity contribution < 1.29 is 9.53 Å². The normalized spacial score (nSPS) is 19.6. The zero-order valence-electron chi connectivity index (χ0n) is 12.4. The van der Waals surface area contributed by atoms with Gasteiger partial charge < -0.3 is 10.1 Å². The molecule has 3 rings (SSSR count). The van der Waals surface area contributed by atoms with Gasteiger partial charge in [-0.3, -0.25) is 9.89 Å². The highest BCUT2D eigenvalue weighted by atomic mass is 16.5. The molecule has 6 nitrogen and oxygen atoms in total. The molecular weight excluding hydrogens is 268 g/mol. The van der Waals surface area contributed by atoms with Crippen LogP contribution >= 0.6 is 0 Å². The van der Waals surface area contributed by atoms with Crippen LogP contribution in [0.1, 0.15) is 73.7 Å². The van der Waals surface area contributed by atoms with Crippen molar-refractivity contribution in [3.8, 4) is 0 Å². The van der Waals surface area contributed by atoms with Crippen LogP contribution in [0.5, 0.6) is 0 Å². The maximum atomic E-state index is 11.9. The Morgan fingerprint density at radius 2 is 2.05 bits per heavy atom. The summed E-state index contributed by atoms with van der Waals surface area (Å²) in [5.74, 6) is 1.39. The minimum absolute atomic E-state index is 0.198. The first kappa shape index (κ1) is 14.5. The fourth-order valence-electron chi connectivity index (χ4n) is 2.75. The van der Waals surface area contributed by atoms with Crippen LogP contribution in [0.15, 0.2) is 0 Å². The number of rotatable bonds is 7. The van der Waals surface area contributed by atoms with Gasteiger partial charge in [0.05, 0.1) is 6.10 Å². The fraction of sp³-hybridized carbons (Fsp3) is 0.800. The van der Waals surface area contributed by atoms with Gasteiger partial charge in [0, 0.05) is 19.1 Å². The number of H-pyrrole nitrogens is 1. The molecule has 21 heavy (non-hydrogen) atoms. The summed E-state index contributed by atoms with van der Waals surface area (Å²) < 4.78 is 5.83. The van der Waals surface area contributed by atoms with Gasteiger partial charge in [0.1, 0.15) is 5.82 Å². The standard InChI is InChI=1S/C15H24N4O2/c20-15(14-17-13(18-19-14)11-7-8-11)16-9-4-10-21-12-5-2-1-3-6-12/h11-12H,1-10H2,(H,16,20)(H,17,18,19). The maximum absolute atomic E-state index is 11.9. The topological polar surface area (TPSA) is 79.9 Å². The Balaban J connectivity index is 1.30. The van der Waals surface area contributed by atoms with Crippen LogP contribution in [0.4, 0.5) is 0 Å². The minimum atomic E-state index is -0.198. The summed E-state index contributed by atoms with van der Waals surface area (Å²) in [6.07, 6.45) is 9.86. The van der Waals surface area contributed by atoms with Gasteiger partial charge in [0.2, 0.25) is 5.82 Å². The molecule has 2 saturated carbocycles. The predicted molar refractivity (Wildman–Crippen MR) is 78.1 cm³/mol. The molecule has 0 aromatic carbocycles. The molecule has 6 heteroatoms. The largest absolute Gasteiger partial charge is 0.378 e. The van der Waals surface area contributed by atoms with Crippen molar-refractivity contribution in [2.45, 2.75) is 63.4 Å². The third kappa shape index (κ3) is 4.27. The van der Waals surface area contributed by atoms with Crippen LogP contribution in [-0.4, -0.2) is 40.3 Å². The second kappa shape index (κ2) is 7.02. The summed E-state index contributed by atoms with van der Waals surface area (Å²) in [6.45, 7) is 1.32. The predicted octanol–water partition coefficient (Wildman–Crippen LogP) is 2.15. The molecule has 2 fully saturated rings. The molecule has 116 valence electrons. The zero-order chi connectivity index (χ0) is 14.5. The Morgan fingerprint density at radius 3 is 2.81 bits per heavy atom. The molecule has 2 aliphatic carbocycles. The smallest absolute Gasteiger partial charge is 0.290 e. The van der Waals surface area contributed by atoms with E-state index in [4.69, 9.17) is 4.74 Å². The summed E-state index contributed by atoms with van der Waals surface area (Å²) in [4.78, 5) is 16.1. The Labute approximate surface area is 125 Å². The molecule has 1 heterocycles. The Morgan fingerprint density at radius 1 is 1.24 bits per heavy atom. The number of aromatic nitrogens is 3. The van der Waals surface area contributed by atoms with Crippen LogP contribution in [0.2, 0.25) is 0 Å². The summed E-state index contributed by atoms with van der Waals surface area (Å²) in [5.41, 5.74) is 0. The number of nitrogens with one attached hydrogen (secondary N) is 2. The summed E-state index contributed by atoms with van der Waals surface area (Å²) in [6, 6.07) is 0. The zero-order valence-corrected chi connectivity index (χ0v) is 12.4. The molecule has 0 saturated heterocycles. The number of nitrogens with zero attached hydrogens (tertiary/aromatic N) is 2. The van der Waals surface area contributed by atoms with Gasteiger partial charge in [0.15, 0.2) is 0 Å². The highest BCUT2D eigenvalue weighted by Crippen LogP contribution is 2.37. The monoisotopic (exact) mass is 292 g/mol. The van der Waals surface area contributed by atoms with E-state index in [1.807, 2.05) is 0 Å². The van der Waals surface area contributed by atoms with E-state index in [1.54, 1.807) is 0 Å². The van der Waals surface area contributed by atoms with Crippen LogP contribution in [0, 0.1) is 0 Å². The van der Waals surface area contributed by atoms with Gasteiger partial charge in [-0.05, 0) is 32.1 Å². The van der Waals surface area contributed by atoms with Crippen molar-refractivity contribution >= 4 is 5.91 Å². The molecule has 0 spiro atoms. The van der Waals surface area contributed by atoms with E-state index < -0.39 is 0 Å². The van der Waals surface area contributed by atoms with E-state index in [0.717, 1.165) is 25.1 Å². The first-order valence-electron chi connectivity index (χ1n) is 8.15. The lowest BCUT2D eigenvalue weighted by atomic mass is 9.98. The average molecular weight is 292 g/mol. The van der Waals surface area contributed by atoms with Crippen molar-refractivity contribution in [1.82, 2.24) is 20.5 Å². The molecule has 2 N–H and O–H groups in total. The molecular formula is C15H24N4O2. The van der Waals surface area contributed by atoms with E-state index in [0.29, 0.717) is 25.2 Å². The number of ether oxygens (including phenoxy) is 1. The average Bonchev–Trinajstić information content (AvgIpc) is 3.25. The molecule has 1 aromatic rings. The van der Waals surface area contributed by atoms with Crippen molar-refractivity contribution in [3.05, 3.63) is 11.6 Å². The maximum Gasteiger partial charge on any atom is 0.290 e. The molecule has 0 atom stereocenters. The van der Waals surface area contributed by atoms with Gasteiger partial charge >= 0.3 is 0 Å². The number of hydrogen-bond acceptors (Lipinski definition) is 4. The molecule has 0 aliphatic heterocycles. The van der Waals surface area contributed by atoms with Crippen LogP contribution < -0.4 is 5.32 Å². The van der Waals surface area contributed by atoms with Crippen LogP contribution in [-0.2, 0) is 4.74 Å². The minimum Gasteiger partial charge on any atom is -0.378 e. The van der Waals surface area contributed by atoms with Gasteiger partial charge in [-0.2, -0.15) is 0 Å². The van der Waals surface area contributed by atoms with Gasteiger partial charge in [-0.25, -0.2) is 4.98 Å². The van der Waals surface area contributed by atoms with Gasteiger partial charge in [0.25, 0.3) is 5.91 Å². The number of hydrogen-bond donors (Lipinski definition) is 2. The lowest BCUT2D eigenvalue weighted by molar-refractivity contribution is 0.0273. The Kier molecular flexibility index (Phi) is 4.85. The van der Waals surface area contributed by atoms with Crippen molar-refractivity contribution in [2.75, 3.05) is 13.2 Å².